The van der Waals surface area contributed by atoms with Crippen molar-refractivity contribution in [2.45, 2.75) is 25.7 Å². The van der Waals surface area contributed by atoms with Crippen LogP contribution in [0.25, 0.3) is 32.7 Å². The van der Waals surface area contributed by atoms with Crippen molar-refractivity contribution in [1.29, 1.82) is 0 Å². The molecule has 0 spiro atoms. The van der Waals surface area contributed by atoms with Gasteiger partial charge < -0.3 is 4.74 Å². The Labute approximate surface area is 318 Å². The summed E-state index contributed by atoms with van der Waals surface area (Å²) in [4.78, 5) is 53.7. The van der Waals surface area contributed by atoms with Crippen molar-refractivity contribution < 1.29 is 36.0 Å². The van der Waals surface area contributed by atoms with E-state index in [-0.39, 0.29) is 100 Å². The maximum atomic E-state index is 15.7. The van der Waals surface area contributed by atoms with E-state index in [2.05, 4.69) is 14.7 Å². The number of Topliss-reactive ketones (excluding diaryl/α,β-unsaturated/α-hetero) is 1. The largest absolute Gasteiger partial charge is 0.496 e. The van der Waals surface area contributed by atoms with Crippen molar-refractivity contribution in [3.8, 4) is 28.3 Å². The van der Waals surface area contributed by atoms with Gasteiger partial charge in [0.1, 0.15) is 22.2 Å². The van der Waals surface area contributed by atoms with Gasteiger partial charge in [-0.25, -0.2) is 18.4 Å². The van der Waals surface area contributed by atoms with Crippen molar-refractivity contribution in [2.75, 3.05) is 7.11 Å². The van der Waals surface area contributed by atoms with Crippen LogP contribution in [-0.4, -0.2) is 89.7 Å². The molecule has 3 aromatic heterocycles. The van der Waals surface area contributed by atoms with Crippen LogP contribution in [0.4, 0.5) is 22.0 Å². The first-order valence-electron chi connectivity index (χ1n) is 14.0. The molecule has 49 heavy (non-hydrogen) atoms. The van der Waals surface area contributed by atoms with Gasteiger partial charge in [-0.2, -0.15) is 13.2 Å². The van der Waals surface area contributed by atoms with Crippen LogP contribution in [0, 0.1) is 11.6 Å². The fourth-order valence-corrected chi connectivity index (χ4v) is 6.44. The number of alkyl halides is 3. The van der Waals surface area contributed by atoms with E-state index in [4.69, 9.17) is 4.74 Å². The monoisotopic (exact) mass is 723 g/mol. The minimum absolute atomic E-state index is 0. The number of carbonyl (C=O) groups excluding carboxylic acids is 1. The summed E-state index contributed by atoms with van der Waals surface area (Å²) in [6.07, 6.45) is -6.08. The van der Waals surface area contributed by atoms with Crippen LogP contribution in [0.5, 0.6) is 5.75 Å². The molecule has 1 N–H and O–H groups in total. The first kappa shape index (κ1) is 36.3. The second kappa shape index (κ2) is 14.5. The van der Waals surface area contributed by atoms with Crippen molar-refractivity contribution >= 4 is 78.7 Å². The van der Waals surface area contributed by atoms with Gasteiger partial charge in [0.25, 0.3) is 5.56 Å². The summed E-state index contributed by atoms with van der Waals surface area (Å²) in [7, 11) is 1.31. The quantitative estimate of drug-likeness (QED) is 0.124. The van der Waals surface area contributed by atoms with Gasteiger partial charge in [0.15, 0.2) is 11.6 Å². The molecule has 0 fully saturated rings. The number of ketones is 1. The predicted octanol–water partition coefficient (Wildman–Crippen LogP) is 5.18. The number of methoxy groups -OCH3 is 1. The number of ether oxygens (including phenoxy) is 1. The maximum absolute atomic E-state index is 15.7. The van der Waals surface area contributed by atoms with E-state index in [1.807, 2.05) is 0 Å². The third-order valence-electron chi connectivity index (χ3n) is 7.42. The number of hydrogen-bond donors (Lipinski definition) is 1. The summed E-state index contributed by atoms with van der Waals surface area (Å²) in [5.74, 6) is -3.65. The minimum atomic E-state index is -4.66. The summed E-state index contributed by atoms with van der Waals surface area (Å²) >= 11 is 0.477. The SMILES string of the molecule is COc1ccccc1C(=O)Cn1c(=O)c2cc(CC(F)(F)F)sc2n(Cc2c(F)cc(-c3ccccc3-c3noc(=O)[nH]3)cc2F)c1=O.[K]. The fourth-order valence-electron chi connectivity index (χ4n) is 5.27. The van der Waals surface area contributed by atoms with E-state index >= 15 is 8.78 Å². The molecular weight excluding hydrogens is 703 g/mol. The number of H-pyrrole nitrogens is 1. The number of aromatic nitrogens is 4. The molecule has 0 unspecified atom stereocenters. The molecule has 3 heterocycles. The summed E-state index contributed by atoms with van der Waals surface area (Å²) < 4.78 is 82.4. The number of hydrogen-bond acceptors (Lipinski definition) is 8. The molecule has 3 aromatic carbocycles. The number of rotatable bonds is 9. The summed E-state index contributed by atoms with van der Waals surface area (Å²) in [6, 6.07) is 15.2. The predicted molar refractivity (Wildman–Crippen MR) is 170 cm³/mol. The molecule has 0 aliphatic rings. The second-order valence-corrected chi connectivity index (χ2v) is 11.6. The molecule has 1 radical (unpaired) electrons. The van der Waals surface area contributed by atoms with Gasteiger partial charge in [-0.15, -0.1) is 11.3 Å². The Morgan fingerprint density at radius 2 is 1.61 bits per heavy atom. The molecule has 17 heteroatoms. The number of benzene rings is 3. The van der Waals surface area contributed by atoms with Gasteiger partial charge >= 0.3 is 17.6 Å². The molecule has 10 nitrogen and oxygen atoms in total. The van der Waals surface area contributed by atoms with Crippen LogP contribution in [0.3, 0.4) is 0 Å². The third kappa shape index (κ3) is 7.46. The van der Waals surface area contributed by atoms with E-state index in [9.17, 15) is 32.3 Å². The topological polar surface area (TPSA) is 129 Å². The Morgan fingerprint density at radius 1 is 0.959 bits per heavy atom. The molecule has 0 bridgehead atoms. The molecule has 0 saturated heterocycles. The zero-order chi connectivity index (χ0) is 34.3. The average Bonchev–Trinajstić information content (AvgIpc) is 3.67. The van der Waals surface area contributed by atoms with E-state index in [0.717, 1.165) is 22.8 Å². The van der Waals surface area contributed by atoms with Gasteiger partial charge in [-0.1, -0.05) is 41.6 Å². The van der Waals surface area contributed by atoms with Gasteiger partial charge in [0.2, 0.25) is 0 Å². The minimum Gasteiger partial charge on any atom is -0.496 e. The molecule has 0 amide bonds. The van der Waals surface area contributed by atoms with Crippen LogP contribution < -0.4 is 21.7 Å². The number of aromatic amines is 1. The van der Waals surface area contributed by atoms with Crippen LogP contribution in [0.2, 0.25) is 0 Å². The van der Waals surface area contributed by atoms with E-state index < -0.39 is 65.7 Å². The Morgan fingerprint density at radius 3 is 2.24 bits per heavy atom. The maximum Gasteiger partial charge on any atom is 0.439 e. The van der Waals surface area contributed by atoms with Crippen LogP contribution >= 0.6 is 11.3 Å². The van der Waals surface area contributed by atoms with E-state index in [0.29, 0.717) is 15.9 Å². The van der Waals surface area contributed by atoms with Gasteiger partial charge in [0, 0.05) is 67.4 Å². The fraction of sp³-hybridized carbons (Fsp3) is 0.156. The Balaban J connectivity index is 0.00000468. The van der Waals surface area contributed by atoms with Gasteiger partial charge in [-0.05, 0) is 41.5 Å². The average molecular weight is 724 g/mol. The van der Waals surface area contributed by atoms with Gasteiger partial charge in [0.05, 0.1) is 37.6 Å². The number of para-hydroxylation sites is 1. The molecule has 0 aliphatic carbocycles. The van der Waals surface area contributed by atoms with E-state index in [1.54, 1.807) is 18.2 Å². The number of carbonyl (C=O) groups is 1. The summed E-state index contributed by atoms with van der Waals surface area (Å²) in [6.45, 7) is -1.66. The van der Waals surface area contributed by atoms with E-state index in [1.165, 1.54) is 37.4 Å². The van der Waals surface area contributed by atoms with Crippen molar-refractivity contribution in [1.82, 2.24) is 19.3 Å². The van der Waals surface area contributed by atoms with Crippen LogP contribution in [0.15, 0.2) is 85.6 Å². The molecule has 0 atom stereocenters. The first-order valence-corrected chi connectivity index (χ1v) is 14.8. The summed E-state index contributed by atoms with van der Waals surface area (Å²) in [5, 5.41) is 3.29. The zero-order valence-electron chi connectivity index (χ0n) is 25.6. The zero-order valence-corrected chi connectivity index (χ0v) is 29.5. The molecular formula is C32H21F5KN4O6S. The standard InChI is InChI=1S/C32H21F5N4O6S.K/c1-46-26-9-5-4-8-20(26)25(42)15-40-28(43)21-12-17(13-32(35,36)37)48-29(21)41(31(40)45)14-22-23(33)10-16(11-24(22)34)18-6-2-3-7-19(18)27-38-30(44)47-39-27;/h2-12H,13-15H2,1H3,(H,38,39,44);. The molecule has 6 aromatic rings. The second-order valence-electron chi connectivity index (χ2n) is 10.5. The van der Waals surface area contributed by atoms with Crippen molar-refractivity contribution in [3.63, 3.8) is 0 Å². The number of nitrogens with zero attached hydrogens (tertiary/aromatic N) is 3. The normalized spacial score (nSPS) is 11.5. The molecule has 0 aliphatic heterocycles. The van der Waals surface area contributed by atoms with Crippen molar-refractivity contribution in [3.05, 3.63) is 126 Å². The molecule has 0 saturated carbocycles. The molecule has 6 rings (SSSR count). The van der Waals surface area contributed by atoms with Crippen LogP contribution in [0.1, 0.15) is 20.8 Å². The Kier molecular flexibility index (Phi) is 10.7. The smallest absolute Gasteiger partial charge is 0.439 e. The molecule has 247 valence electrons. The van der Waals surface area contributed by atoms with Crippen LogP contribution in [-0.2, 0) is 19.5 Å². The number of nitrogens with one attached hydrogen (secondary N) is 1. The number of thiophene rings is 1. The first-order chi connectivity index (χ1) is 22.8. The van der Waals surface area contributed by atoms with Gasteiger partial charge in [-0.3, -0.25) is 28.2 Å². The number of fused-ring (bicyclic) bond motifs is 1. The number of halogens is 5. The third-order valence-corrected chi connectivity index (χ3v) is 8.58. The Hall–Kier alpha value is -4.00. The summed E-state index contributed by atoms with van der Waals surface area (Å²) in [5.41, 5.74) is -2.23. The Bertz CT molecular complexity index is 2370. The van der Waals surface area contributed by atoms with Crippen molar-refractivity contribution in [2.24, 2.45) is 0 Å².